The van der Waals surface area contributed by atoms with E-state index in [9.17, 15) is 4.79 Å². The molecule has 4 nitrogen and oxygen atoms in total. The van der Waals surface area contributed by atoms with Crippen molar-refractivity contribution in [2.24, 2.45) is 0 Å². The first-order valence-corrected chi connectivity index (χ1v) is 3.11. The minimum absolute atomic E-state index is 0.364. The zero-order chi connectivity index (χ0) is 7.28. The average molecular weight is 150 g/mol. The predicted molar refractivity (Wildman–Crippen MR) is 36.6 cm³/mol. The summed E-state index contributed by atoms with van der Waals surface area (Å²) in [6, 6.07) is -0.418. The number of nitrogens with one attached hydrogen (secondary N) is 2. The summed E-state index contributed by atoms with van der Waals surface area (Å²) in [4.78, 5) is 10.5. The molecule has 9 heavy (non-hydrogen) atoms. The van der Waals surface area contributed by atoms with E-state index in [-0.39, 0.29) is 0 Å². The Bertz CT molecular complexity index is 94.6. The first-order valence-electron chi connectivity index (χ1n) is 2.48. The topological polar surface area (TPSA) is 61.4 Å². The summed E-state index contributed by atoms with van der Waals surface area (Å²) in [6.45, 7) is 0. The molecule has 0 fully saturated rings. The Labute approximate surface area is 59.0 Å². The van der Waals surface area contributed by atoms with E-state index in [0.29, 0.717) is 5.75 Å². The molecule has 0 bridgehead atoms. The number of rotatable bonds is 3. The van der Waals surface area contributed by atoms with Crippen molar-refractivity contribution in [2.75, 3.05) is 12.8 Å². The number of hydrogen-bond donors (Lipinski definition) is 4. The monoisotopic (exact) mass is 150 g/mol. The Hall–Kier alpha value is -0.260. The smallest absolute Gasteiger partial charge is 0.261 e. The first kappa shape index (κ1) is 8.74. The van der Waals surface area contributed by atoms with Crippen LogP contribution in [-0.4, -0.2) is 30.0 Å². The Balaban J connectivity index is 3.64. The van der Waals surface area contributed by atoms with Crippen LogP contribution >= 0.6 is 12.6 Å². The van der Waals surface area contributed by atoms with E-state index in [1.165, 1.54) is 5.48 Å². The van der Waals surface area contributed by atoms with Gasteiger partial charge in [-0.1, -0.05) is 0 Å². The maximum atomic E-state index is 10.5. The lowest BCUT2D eigenvalue weighted by Crippen LogP contribution is -2.42. The van der Waals surface area contributed by atoms with Gasteiger partial charge >= 0.3 is 0 Å². The van der Waals surface area contributed by atoms with E-state index in [2.05, 4.69) is 17.9 Å². The molecule has 1 unspecified atom stereocenters. The van der Waals surface area contributed by atoms with Gasteiger partial charge in [0.1, 0.15) is 0 Å². The fourth-order valence-electron chi connectivity index (χ4n) is 0.383. The van der Waals surface area contributed by atoms with Gasteiger partial charge in [0.2, 0.25) is 0 Å². The standard InChI is InChI=1S/C4H10N2O2S/c1-5-3(2-9)4(7)6-8/h3,5,8-9H,2H2,1H3,(H,6,7). The molecular weight excluding hydrogens is 140 g/mol. The lowest BCUT2D eigenvalue weighted by molar-refractivity contribution is -0.130. The van der Waals surface area contributed by atoms with Crippen molar-refractivity contribution in [3.8, 4) is 0 Å². The van der Waals surface area contributed by atoms with Crippen molar-refractivity contribution in [3.63, 3.8) is 0 Å². The highest BCUT2D eigenvalue weighted by Gasteiger charge is 2.11. The number of thiol groups is 1. The molecule has 0 aromatic heterocycles. The van der Waals surface area contributed by atoms with E-state index in [0.717, 1.165) is 0 Å². The summed E-state index contributed by atoms with van der Waals surface area (Å²) in [6.07, 6.45) is 0. The van der Waals surface area contributed by atoms with Gasteiger partial charge in [0, 0.05) is 5.75 Å². The molecule has 0 aromatic rings. The van der Waals surface area contributed by atoms with Crippen LogP contribution in [0, 0.1) is 0 Å². The third-order valence-electron chi connectivity index (χ3n) is 0.958. The van der Waals surface area contributed by atoms with Crippen LogP contribution in [0.4, 0.5) is 0 Å². The highest BCUT2D eigenvalue weighted by Crippen LogP contribution is 1.84. The van der Waals surface area contributed by atoms with Crippen LogP contribution in [0.1, 0.15) is 0 Å². The van der Waals surface area contributed by atoms with Crippen LogP contribution < -0.4 is 10.8 Å². The van der Waals surface area contributed by atoms with E-state index < -0.39 is 11.9 Å². The molecule has 0 aliphatic rings. The van der Waals surface area contributed by atoms with Gasteiger partial charge in [-0.15, -0.1) is 0 Å². The van der Waals surface area contributed by atoms with Crippen LogP contribution in [0.25, 0.3) is 0 Å². The molecular formula is C4H10N2O2S. The Morgan fingerprint density at radius 2 is 2.44 bits per heavy atom. The molecule has 0 saturated heterocycles. The number of carbonyl (C=O) groups excluding carboxylic acids is 1. The Morgan fingerprint density at radius 3 is 2.56 bits per heavy atom. The summed E-state index contributed by atoms with van der Waals surface area (Å²) in [5.41, 5.74) is 1.52. The van der Waals surface area contributed by atoms with Crippen molar-refractivity contribution < 1.29 is 10.0 Å². The van der Waals surface area contributed by atoms with Gasteiger partial charge in [-0.05, 0) is 7.05 Å². The number of likely N-dealkylation sites (N-methyl/N-ethyl adjacent to an activating group) is 1. The zero-order valence-electron chi connectivity index (χ0n) is 5.09. The Morgan fingerprint density at radius 1 is 1.89 bits per heavy atom. The van der Waals surface area contributed by atoms with Crippen LogP contribution in [0.2, 0.25) is 0 Å². The van der Waals surface area contributed by atoms with Crippen molar-refractivity contribution >= 4 is 18.5 Å². The van der Waals surface area contributed by atoms with Crippen molar-refractivity contribution in [1.82, 2.24) is 10.8 Å². The fraction of sp³-hybridized carbons (Fsp3) is 0.750. The maximum Gasteiger partial charge on any atom is 0.261 e. The molecule has 0 spiro atoms. The highest BCUT2D eigenvalue weighted by atomic mass is 32.1. The molecule has 0 saturated carbocycles. The molecule has 0 aliphatic heterocycles. The molecule has 5 heteroatoms. The van der Waals surface area contributed by atoms with Crippen molar-refractivity contribution in [1.29, 1.82) is 0 Å². The van der Waals surface area contributed by atoms with Gasteiger partial charge in [-0.3, -0.25) is 10.0 Å². The average Bonchev–Trinajstić information content (AvgIpc) is 1.90. The second kappa shape index (κ2) is 4.60. The molecule has 0 heterocycles. The maximum absolute atomic E-state index is 10.5. The van der Waals surface area contributed by atoms with Gasteiger partial charge in [0.15, 0.2) is 0 Å². The summed E-state index contributed by atoms with van der Waals surface area (Å²) < 4.78 is 0. The number of hydroxylamine groups is 1. The van der Waals surface area contributed by atoms with Gasteiger partial charge in [0.25, 0.3) is 5.91 Å². The third-order valence-corrected chi connectivity index (χ3v) is 1.32. The van der Waals surface area contributed by atoms with E-state index in [1.54, 1.807) is 7.05 Å². The number of carbonyl (C=O) groups is 1. The van der Waals surface area contributed by atoms with Gasteiger partial charge in [0.05, 0.1) is 6.04 Å². The minimum atomic E-state index is -0.465. The second-order valence-corrected chi connectivity index (χ2v) is 1.87. The van der Waals surface area contributed by atoms with Crippen LogP contribution in [0.15, 0.2) is 0 Å². The van der Waals surface area contributed by atoms with Crippen LogP contribution in [-0.2, 0) is 4.79 Å². The molecule has 0 aliphatic carbocycles. The third kappa shape index (κ3) is 2.69. The van der Waals surface area contributed by atoms with Crippen molar-refractivity contribution in [3.05, 3.63) is 0 Å². The lowest BCUT2D eigenvalue weighted by Gasteiger charge is -2.08. The number of hydrogen-bond acceptors (Lipinski definition) is 4. The van der Waals surface area contributed by atoms with E-state index >= 15 is 0 Å². The Kier molecular flexibility index (Phi) is 4.47. The SMILES string of the molecule is CNC(CS)C(=O)NO. The fourth-order valence-corrected chi connectivity index (χ4v) is 0.732. The largest absolute Gasteiger partial charge is 0.308 e. The van der Waals surface area contributed by atoms with E-state index in [1.807, 2.05) is 0 Å². The molecule has 54 valence electrons. The lowest BCUT2D eigenvalue weighted by atomic mass is 10.3. The molecule has 0 rings (SSSR count). The van der Waals surface area contributed by atoms with Crippen LogP contribution in [0.3, 0.4) is 0 Å². The summed E-state index contributed by atoms with van der Waals surface area (Å²) >= 11 is 3.85. The first-order chi connectivity index (χ1) is 4.26. The predicted octanol–water partition coefficient (Wildman–Crippen LogP) is -0.990. The molecule has 0 radical (unpaired) electrons. The summed E-state index contributed by atoms with van der Waals surface area (Å²) in [7, 11) is 1.62. The minimum Gasteiger partial charge on any atom is -0.308 e. The summed E-state index contributed by atoms with van der Waals surface area (Å²) in [5.74, 6) is -0.101. The van der Waals surface area contributed by atoms with Crippen LogP contribution in [0.5, 0.6) is 0 Å². The molecule has 0 aromatic carbocycles. The quantitative estimate of drug-likeness (QED) is 0.237. The summed E-state index contributed by atoms with van der Waals surface area (Å²) in [5, 5.41) is 10.7. The molecule has 3 N–H and O–H groups in total. The normalized spacial score (nSPS) is 12.8. The van der Waals surface area contributed by atoms with Gasteiger partial charge < -0.3 is 5.32 Å². The number of amides is 1. The molecule has 1 amide bonds. The van der Waals surface area contributed by atoms with Crippen molar-refractivity contribution in [2.45, 2.75) is 6.04 Å². The van der Waals surface area contributed by atoms with E-state index in [4.69, 9.17) is 5.21 Å². The zero-order valence-corrected chi connectivity index (χ0v) is 5.98. The molecule has 1 atom stereocenters. The second-order valence-electron chi connectivity index (χ2n) is 1.50. The van der Waals surface area contributed by atoms with Gasteiger partial charge in [-0.25, -0.2) is 5.48 Å². The highest BCUT2D eigenvalue weighted by molar-refractivity contribution is 7.80. The van der Waals surface area contributed by atoms with Gasteiger partial charge in [-0.2, -0.15) is 12.6 Å².